The fourth-order valence-electron chi connectivity index (χ4n) is 2.12. The summed E-state index contributed by atoms with van der Waals surface area (Å²) in [5, 5.41) is 20.5. The number of carbonyl (C=O) groups excluding carboxylic acids is 1. The quantitative estimate of drug-likeness (QED) is 0.886. The van der Waals surface area contributed by atoms with Crippen molar-refractivity contribution < 1.29 is 4.79 Å². The number of nitrogens with two attached hydrogens (primary N) is 1. The van der Waals surface area contributed by atoms with Crippen molar-refractivity contribution in [2.45, 2.75) is 39.7 Å². The Bertz CT molecular complexity index is 602. The van der Waals surface area contributed by atoms with Gasteiger partial charge in [0.25, 0.3) is 0 Å². The van der Waals surface area contributed by atoms with Crippen LogP contribution in [0.15, 0.2) is 18.2 Å². The molecule has 21 heavy (non-hydrogen) atoms. The van der Waals surface area contributed by atoms with Crippen molar-refractivity contribution in [2.75, 3.05) is 5.32 Å². The second kappa shape index (κ2) is 6.88. The molecule has 1 unspecified atom stereocenters. The Labute approximate surface area is 125 Å². The summed E-state index contributed by atoms with van der Waals surface area (Å²) in [6.45, 7) is 6.22. The van der Waals surface area contributed by atoms with E-state index in [1.807, 2.05) is 12.1 Å². The number of nitrogens with one attached hydrogen (secondary N) is 1. The molecular weight excluding hydrogens is 264 g/mol. The van der Waals surface area contributed by atoms with Gasteiger partial charge in [0.1, 0.15) is 12.1 Å². The monoisotopic (exact) mass is 284 g/mol. The Morgan fingerprint density at radius 1 is 1.29 bits per heavy atom. The first-order valence-electron chi connectivity index (χ1n) is 6.75. The van der Waals surface area contributed by atoms with E-state index in [2.05, 4.69) is 26.1 Å². The molecule has 5 heteroatoms. The van der Waals surface area contributed by atoms with Gasteiger partial charge in [-0.25, -0.2) is 0 Å². The van der Waals surface area contributed by atoms with E-state index in [-0.39, 0.29) is 29.3 Å². The van der Waals surface area contributed by atoms with Crippen LogP contribution in [0.3, 0.4) is 0 Å². The molecule has 1 aromatic carbocycles. The van der Waals surface area contributed by atoms with Crippen LogP contribution in [-0.4, -0.2) is 11.9 Å². The second-order valence-corrected chi connectivity index (χ2v) is 6.26. The Morgan fingerprint density at radius 2 is 1.90 bits per heavy atom. The molecule has 0 aliphatic carbocycles. The number of nitrogens with zero attached hydrogens (tertiary/aromatic N) is 2. The third-order valence-electron chi connectivity index (χ3n) is 2.87. The van der Waals surface area contributed by atoms with Gasteiger partial charge in [-0.15, -0.1) is 0 Å². The molecule has 0 saturated heterocycles. The number of hydrogen-bond acceptors (Lipinski definition) is 4. The molecule has 0 aliphatic heterocycles. The van der Waals surface area contributed by atoms with Gasteiger partial charge in [0.05, 0.1) is 11.1 Å². The van der Waals surface area contributed by atoms with Crippen LogP contribution in [0, 0.1) is 28.1 Å². The second-order valence-electron chi connectivity index (χ2n) is 6.26. The summed E-state index contributed by atoms with van der Waals surface area (Å²) < 4.78 is 0. The summed E-state index contributed by atoms with van der Waals surface area (Å²) in [5.41, 5.74) is 7.07. The number of rotatable bonds is 4. The van der Waals surface area contributed by atoms with Crippen LogP contribution < -0.4 is 11.1 Å². The lowest BCUT2D eigenvalue weighted by Crippen LogP contribution is -2.31. The zero-order valence-corrected chi connectivity index (χ0v) is 12.6. The molecule has 5 nitrogen and oxygen atoms in total. The molecule has 110 valence electrons. The predicted octanol–water partition coefficient (Wildman–Crippen LogP) is 2.52. The lowest BCUT2D eigenvalue weighted by atomic mass is 9.87. The molecule has 0 aromatic heterocycles. The van der Waals surface area contributed by atoms with Crippen molar-refractivity contribution in [3.63, 3.8) is 0 Å². The predicted molar refractivity (Wildman–Crippen MR) is 81.2 cm³/mol. The van der Waals surface area contributed by atoms with Crippen LogP contribution in [0.25, 0.3) is 0 Å². The smallest absolute Gasteiger partial charge is 0.225 e. The van der Waals surface area contributed by atoms with Crippen molar-refractivity contribution in [2.24, 2.45) is 11.1 Å². The standard InChI is InChI=1S/C16H20N4O/c1-16(2,3)8-13(19)7-15(21)20-14-5-4-11(9-17)12(6-14)10-18/h4-6,13H,7-8,19H2,1-3H3,(H,20,21). The number of benzene rings is 1. The van der Waals surface area contributed by atoms with E-state index in [9.17, 15) is 4.79 Å². The summed E-state index contributed by atoms with van der Waals surface area (Å²) in [6.07, 6.45) is 0.969. The van der Waals surface area contributed by atoms with Crippen molar-refractivity contribution in [1.82, 2.24) is 0 Å². The van der Waals surface area contributed by atoms with Crippen LogP contribution >= 0.6 is 0 Å². The van der Waals surface area contributed by atoms with Crippen LogP contribution in [0.5, 0.6) is 0 Å². The lowest BCUT2D eigenvalue weighted by Gasteiger charge is -2.22. The molecular formula is C16H20N4O. The highest BCUT2D eigenvalue weighted by atomic mass is 16.1. The van der Waals surface area contributed by atoms with Gasteiger partial charge < -0.3 is 11.1 Å². The molecule has 1 atom stereocenters. The third kappa shape index (κ3) is 5.64. The minimum atomic E-state index is -0.209. The van der Waals surface area contributed by atoms with Gasteiger partial charge in [-0.2, -0.15) is 10.5 Å². The maximum absolute atomic E-state index is 11.9. The number of anilines is 1. The fraction of sp³-hybridized carbons (Fsp3) is 0.438. The van der Waals surface area contributed by atoms with Crippen molar-refractivity contribution in [3.05, 3.63) is 29.3 Å². The van der Waals surface area contributed by atoms with E-state index in [1.54, 1.807) is 6.07 Å². The van der Waals surface area contributed by atoms with Crippen LogP contribution in [0.4, 0.5) is 5.69 Å². The third-order valence-corrected chi connectivity index (χ3v) is 2.87. The molecule has 0 fully saturated rings. The molecule has 1 rings (SSSR count). The summed E-state index contributed by atoms with van der Waals surface area (Å²) >= 11 is 0. The van der Waals surface area contributed by atoms with Crippen LogP contribution in [-0.2, 0) is 4.79 Å². The Hall–Kier alpha value is -2.37. The van der Waals surface area contributed by atoms with E-state index in [0.29, 0.717) is 11.3 Å². The topological polar surface area (TPSA) is 103 Å². The number of carbonyl (C=O) groups is 1. The van der Waals surface area contributed by atoms with Crippen molar-refractivity contribution in [3.8, 4) is 12.1 Å². The maximum Gasteiger partial charge on any atom is 0.225 e. The van der Waals surface area contributed by atoms with Gasteiger partial charge in [0, 0.05) is 18.2 Å². The van der Waals surface area contributed by atoms with Crippen LogP contribution in [0.1, 0.15) is 44.7 Å². The summed E-state index contributed by atoms with van der Waals surface area (Å²) in [7, 11) is 0. The Balaban J connectivity index is 2.68. The summed E-state index contributed by atoms with van der Waals surface area (Å²) in [6, 6.07) is 8.27. The Kier molecular flexibility index (Phi) is 5.46. The molecule has 1 aromatic rings. The average molecular weight is 284 g/mol. The molecule has 0 bridgehead atoms. The highest BCUT2D eigenvalue weighted by Gasteiger charge is 2.18. The van der Waals surface area contributed by atoms with E-state index in [0.717, 1.165) is 6.42 Å². The van der Waals surface area contributed by atoms with Crippen molar-refractivity contribution in [1.29, 1.82) is 10.5 Å². The van der Waals surface area contributed by atoms with E-state index < -0.39 is 0 Å². The number of amides is 1. The largest absolute Gasteiger partial charge is 0.327 e. The SMILES string of the molecule is CC(C)(C)CC(N)CC(=O)Nc1ccc(C#N)c(C#N)c1. The normalized spacial score (nSPS) is 12.1. The van der Waals surface area contributed by atoms with Gasteiger partial charge in [0.2, 0.25) is 5.91 Å². The van der Waals surface area contributed by atoms with Gasteiger partial charge in [-0.05, 0) is 30.0 Å². The highest BCUT2D eigenvalue weighted by Crippen LogP contribution is 2.21. The summed E-state index contributed by atoms with van der Waals surface area (Å²) in [5.74, 6) is -0.194. The number of nitriles is 2. The van der Waals surface area contributed by atoms with E-state index >= 15 is 0 Å². The minimum Gasteiger partial charge on any atom is -0.327 e. The van der Waals surface area contributed by atoms with Gasteiger partial charge in [-0.1, -0.05) is 20.8 Å². The zero-order chi connectivity index (χ0) is 16.0. The molecule has 0 aliphatic rings. The molecule has 0 radical (unpaired) electrons. The van der Waals surface area contributed by atoms with Gasteiger partial charge >= 0.3 is 0 Å². The fourth-order valence-corrected chi connectivity index (χ4v) is 2.12. The molecule has 0 spiro atoms. The van der Waals surface area contributed by atoms with E-state index in [4.69, 9.17) is 16.3 Å². The first-order chi connectivity index (χ1) is 9.75. The number of hydrogen-bond donors (Lipinski definition) is 2. The molecule has 0 heterocycles. The van der Waals surface area contributed by atoms with Crippen molar-refractivity contribution >= 4 is 11.6 Å². The first kappa shape index (κ1) is 16.7. The molecule has 1 amide bonds. The van der Waals surface area contributed by atoms with Gasteiger partial charge in [0.15, 0.2) is 0 Å². The van der Waals surface area contributed by atoms with Crippen LogP contribution in [0.2, 0.25) is 0 Å². The van der Waals surface area contributed by atoms with E-state index in [1.165, 1.54) is 12.1 Å². The average Bonchev–Trinajstić information content (AvgIpc) is 2.35. The maximum atomic E-state index is 11.9. The first-order valence-corrected chi connectivity index (χ1v) is 6.75. The lowest BCUT2D eigenvalue weighted by molar-refractivity contribution is -0.116. The molecule has 0 saturated carbocycles. The minimum absolute atomic E-state index is 0.0715. The molecule has 3 N–H and O–H groups in total. The Morgan fingerprint density at radius 3 is 2.43 bits per heavy atom. The zero-order valence-electron chi connectivity index (χ0n) is 12.6. The van der Waals surface area contributed by atoms with Gasteiger partial charge in [-0.3, -0.25) is 4.79 Å². The highest BCUT2D eigenvalue weighted by molar-refractivity contribution is 5.91. The summed E-state index contributed by atoms with van der Waals surface area (Å²) in [4.78, 5) is 11.9.